The largest absolute Gasteiger partial charge is 0.466 e. The second-order valence-corrected chi connectivity index (χ2v) is 5.43. The number of ketones is 1. The summed E-state index contributed by atoms with van der Waals surface area (Å²) in [6.45, 7) is 3.47. The summed E-state index contributed by atoms with van der Waals surface area (Å²) in [5, 5.41) is 9.69. The van der Waals surface area contributed by atoms with Crippen LogP contribution in [0.3, 0.4) is 0 Å². The van der Waals surface area contributed by atoms with E-state index in [9.17, 15) is 14.7 Å². The number of methoxy groups -OCH3 is 1. The van der Waals surface area contributed by atoms with Crippen LogP contribution in [0.25, 0.3) is 0 Å². The van der Waals surface area contributed by atoms with Crippen molar-refractivity contribution in [3.05, 3.63) is 11.6 Å². The monoisotopic (exact) mass is 298 g/mol. The Kier molecular flexibility index (Phi) is 11.9. The normalized spacial score (nSPS) is 13.0. The third kappa shape index (κ3) is 9.40. The lowest BCUT2D eigenvalue weighted by Gasteiger charge is -2.10. The number of carbonyl (C=O) groups excluding carboxylic acids is 2. The average molecular weight is 298 g/mol. The van der Waals surface area contributed by atoms with Crippen LogP contribution in [-0.2, 0) is 14.3 Å². The minimum atomic E-state index is -1.37. The van der Waals surface area contributed by atoms with Crippen LogP contribution in [0.5, 0.6) is 0 Å². The van der Waals surface area contributed by atoms with Crippen LogP contribution in [0.1, 0.15) is 71.6 Å². The second-order valence-electron chi connectivity index (χ2n) is 5.43. The second kappa shape index (κ2) is 12.6. The highest BCUT2D eigenvalue weighted by molar-refractivity contribution is 5.98. The van der Waals surface area contributed by atoms with Crippen molar-refractivity contribution in [2.45, 2.75) is 77.7 Å². The van der Waals surface area contributed by atoms with Gasteiger partial charge < -0.3 is 9.84 Å². The van der Waals surface area contributed by atoms with E-state index in [1.165, 1.54) is 52.6 Å². The number of aliphatic hydroxyl groups excluding tert-OH is 1. The van der Waals surface area contributed by atoms with Gasteiger partial charge in [0.05, 0.1) is 12.7 Å². The van der Waals surface area contributed by atoms with E-state index >= 15 is 0 Å². The van der Waals surface area contributed by atoms with Gasteiger partial charge in [-0.25, -0.2) is 4.79 Å². The van der Waals surface area contributed by atoms with Crippen LogP contribution in [0.2, 0.25) is 0 Å². The fourth-order valence-corrected chi connectivity index (χ4v) is 2.18. The number of ether oxygens (including phenoxy) is 1. The van der Waals surface area contributed by atoms with E-state index < -0.39 is 17.9 Å². The molecule has 0 spiro atoms. The van der Waals surface area contributed by atoms with Crippen molar-refractivity contribution in [2.24, 2.45) is 0 Å². The first kappa shape index (κ1) is 19.8. The summed E-state index contributed by atoms with van der Waals surface area (Å²) in [6.07, 6.45) is 10.6. The molecule has 0 heterocycles. The lowest BCUT2D eigenvalue weighted by molar-refractivity contribution is -0.139. The molecule has 4 heteroatoms. The van der Waals surface area contributed by atoms with Gasteiger partial charge in [-0.2, -0.15) is 0 Å². The van der Waals surface area contributed by atoms with Gasteiger partial charge in [0.15, 0.2) is 5.78 Å². The predicted octanol–water partition coefficient (Wildman–Crippen LogP) is 3.57. The van der Waals surface area contributed by atoms with Crippen LogP contribution in [0.15, 0.2) is 11.6 Å². The molecular weight excluding hydrogens is 268 g/mol. The van der Waals surface area contributed by atoms with Crippen molar-refractivity contribution < 1.29 is 19.4 Å². The number of hydrogen-bond donors (Lipinski definition) is 1. The number of esters is 1. The maximum atomic E-state index is 11.5. The van der Waals surface area contributed by atoms with Crippen molar-refractivity contribution in [1.82, 2.24) is 0 Å². The number of allylic oxidation sites excluding steroid dienone is 1. The van der Waals surface area contributed by atoms with E-state index in [2.05, 4.69) is 11.7 Å². The molecule has 4 nitrogen and oxygen atoms in total. The van der Waals surface area contributed by atoms with Crippen LogP contribution in [-0.4, -0.2) is 30.1 Å². The standard InChI is InChI=1S/C17H30O4/c1-4-5-6-7-8-9-10-11-12-13-15(17(20)21-3)16(19)14(2)18/h13,16,19H,4-12H2,1-3H3/b15-13+. The van der Waals surface area contributed by atoms with Crippen LogP contribution < -0.4 is 0 Å². The van der Waals surface area contributed by atoms with Gasteiger partial charge in [-0.3, -0.25) is 4.79 Å². The van der Waals surface area contributed by atoms with Gasteiger partial charge >= 0.3 is 5.97 Å². The molecule has 1 atom stereocenters. The summed E-state index contributed by atoms with van der Waals surface area (Å²) in [7, 11) is 1.25. The zero-order valence-corrected chi connectivity index (χ0v) is 13.7. The highest BCUT2D eigenvalue weighted by Gasteiger charge is 2.22. The summed E-state index contributed by atoms with van der Waals surface area (Å²) in [4.78, 5) is 22.7. The van der Waals surface area contributed by atoms with Crippen LogP contribution in [0.4, 0.5) is 0 Å². The molecule has 122 valence electrons. The molecule has 0 fully saturated rings. The lowest BCUT2D eigenvalue weighted by atomic mass is 10.0. The zero-order valence-electron chi connectivity index (χ0n) is 13.7. The van der Waals surface area contributed by atoms with Crippen molar-refractivity contribution in [3.63, 3.8) is 0 Å². The molecule has 0 radical (unpaired) electrons. The van der Waals surface area contributed by atoms with E-state index in [1.807, 2.05) is 0 Å². The van der Waals surface area contributed by atoms with Crippen molar-refractivity contribution >= 4 is 11.8 Å². The molecule has 0 aromatic carbocycles. The van der Waals surface area contributed by atoms with Crippen LogP contribution >= 0.6 is 0 Å². The number of Topliss-reactive ketones (excluding diaryl/α,β-unsaturated/α-hetero) is 1. The smallest absolute Gasteiger partial charge is 0.336 e. The van der Waals surface area contributed by atoms with Gasteiger partial charge in [0.25, 0.3) is 0 Å². The summed E-state index contributed by atoms with van der Waals surface area (Å²) >= 11 is 0. The number of carbonyl (C=O) groups is 2. The van der Waals surface area contributed by atoms with E-state index in [0.717, 1.165) is 12.8 Å². The average Bonchev–Trinajstić information content (AvgIpc) is 2.48. The van der Waals surface area contributed by atoms with E-state index in [-0.39, 0.29) is 5.57 Å². The molecule has 0 bridgehead atoms. The topological polar surface area (TPSA) is 63.6 Å². The highest BCUT2D eigenvalue weighted by atomic mass is 16.5. The zero-order chi connectivity index (χ0) is 16.1. The maximum absolute atomic E-state index is 11.5. The first-order valence-electron chi connectivity index (χ1n) is 8.01. The third-order valence-electron chi connectivity index (χ3n) is 3.52. The molecule has 0 aromatic heterocycles. The van der Waals surface area contributed by atoms with Gasteiger partial charge in [-0.05, 0) is 19.8 Å². The summed E-state index contributed by atoms with van der Waals surface area (Å²) in [6, 6.07) is 0. The molecule has 21 heavy (non-hydrogen) atoms. The summed E-state index contributed by atoms with van der Waals surface area (Å²) in [5.74, 6) is -1.07. The molecule has 0 aliphatic heterocycles. The summed E-state index contributed by atoms with van der Waals surface area (Å²) < 4.78 is 4.60. The predicted molar refractivity (Wildman–Crippen MR) is 84.0 cm³/mol. The van der Waals surface area contributed by atoms with E-state index in [0.29, 0.717) is 6.42 Å². The molecular formula is C17H30O4. The minimum absolute atomic E-state index is 0.0629. The Hall–Kier alpha value is -1.16. The number of hydrogen-bond acceptors (Lipinski definition) is 4. The third-order valence-corrected chi connectivity index (χ3v) is 3.52. The Balaban J connectivity index is 3.99. The molecule has 0 amide bonds. The number of rotatable bonds is 12. The molecule has 0 rings (SSSR count). The molecule has 0 saturated heterocycles. The molecule has 0 aliphatic carbocycles. The fourth-order valence-electron chi connectivity index (χ4n) is 2.18. The van der Waals surface area contributed by atoms with Gasteiger partial charge in [0.2, 0.25) is 0 Å². The SMILES string of the molecule is CCCCCCCCCC/C=C(/C(=O)OC)C(O)C(C)=O. The molecule has 0 saturated carbocycles. The minimum Gasteiger partial charge on any atom is -0.466 e. The van der Waals surface area contributed by atoms with Gasteiger partial charge in [0, 0.05) is 0 Å². The van der Waals surface area contributed by atoms with Crippen LogP contribution in [0, 0.1) is 0 Å². The molecule has 1 unspecified atom stereocenters. The Labute approximate surface area is 128 Å². The van der Waals surface area contributed by atoms with Crippen molar-refractivity contribution in [2.75, 3.05) is 7.11 Å². The Morgan fingerprint density at radius 1 is 1.05 bits per heavy atom. The van der Waals surface area contributed by atoms with Gasteiger partial charge in [0.1, 0.15) is 6.10 Å². The maximum Gasteiger partial charge on any atom is 0.336 e. The van der Waals surface area contributed by atoms with E-state index in [1.54, 1.807) is 6.08 Å². The first-order chi connectivity index (χ1) is 10.0. The molecule has 0 aliphatic rings. The van der Waals surface area contributed by atoms with E-state index in [4.69, 9.17) is 0 Å². The number of aliphatic hydroxyl groups is 1. The number of unbranched alkanes of at least 4 members (excludes halogenated alkanes) is 8. The van der Waals surface area contributed by atoms with Crippen molar-refractivity contribution in [3.8, 4) is 0 Å². The van der Waals surface area contributed by atoms with Gasteiger partial charge in [-0.15, -0.1) is 0 Å². The highest BCUT2D eigenvalue weighted by Crippen LogP contribution is 2.13. The van der Waals surface area contributed by atoms with Crippen molar-refractivity contribution in [1.29, 1.82) is 0 Å². The molecule has 0 aromatic rings. The Morgan fingerprint density at radius 3 is 2.05 bits per heavy atom. The quantitative estimate of drug-likeness (QED) is 0.340. The van der Waals surface area contributed by atoms with Gasteiger partial charge in [-0.1, -0.05) is 57.9 Å². The summed E-state index contributed by atoms with van der Waals surface area (Å²) in [5.41, 5.74) is 0.0629. The Morgan fingerprint density at radius 2 is 1.57 bits per heavy atom. The molecule has 1 N–H and O–H groups in total. The lowest BCUT2D eigenvalue weighted by Crippen LogP contribution is -2.25. The Bertz CT molecular complexity index is 334. The fraction of sp³-hybridized carbons (Fsp3) is 0.765. The first-order valence-corrected chi connectivity index (χ1v) is 8.01.